The molecule has 3 rings (SSSR count). The average Bonchev–Trinajstić information content (AvgIpc) is 2.62. The number of hydrogen-bond donors (Lipinski definition) is 0. The number of nitro groups is 1. The van der Waals surface area contributed by atoms with E-state index in [9.17, 15) is 18.5 Å². The Morgan fingerprint density at radius 3 is 2.00 bits per heavy atom. The van der Waals surface area contributed by atoms with E-state index in [1.54, 1.807) is 6.07 Å². The molecule has 1 aromatic rings. The lowest BCUT2D eigenvalue weighted by Gasteiger charge is -2.34. The molecule has 144 valence electrons. The molecule has 2 fully saturated rings. The molecule has 26 heavy (non-hydrogen) atoms. The minimum atomic E-state index is -3.72. The third-order valence-electron chi connectivity index (χ3n) is 5.09. The Kier molecular flexibility index (Phi) is 5.47. The molecule has 0 unspecified atom stereocenters. The van der Waals surface area contributed by atoms with Crippen LogP contribution in [-0.2, 0) is 10.0 Å². The molecular formula is C16H25N5O4S. The summed E-state index contributed by atoms with van der Waals surface area (Å²) in [5, 5.41) is 11.6. The summed E-state index contributed by atoms with van der Waals surface area (Å²) >= 11 is 0. The Hall–Kier alpha value is -1.75. The monoisotopic (exact) mass is 383 g/mol. The Bertz CT molecular complexity index is 769. The van der Waals surface area contributed by atoms with Gasteiger partial charge in [-0.3, -0.25) is 10.1 Å². The first-order valence-electron chi connectivity index (χ1n) is 8.69. The second kappa shape index (κ2) is 7.47. The summed E-state index contributed by atoms with van der Waals surface area (Å²) in [6, 6.07) is 4.28. The second-order valence-corrected chi connectivity index (χ2v) is 8.84. The number of sulfonamides is 1. The summed E-state index contributed by atoms with van der Waals surface area (Å²) in [7, 11) is 0.233. The number of benzene rings is 1. The van der Waals surface area contributed by atoms with E-state index in [4.69, 9.17) is 0 Å². The van der Waals surface area contributed by atoms with Crippen molar-refractivity contribution in [2.24, 2.45) is 0 Å². The summed E-state index contributed by atoms with van der Waals surface area (Å²) < 4.78 is 27.1. The standard InChI is InChI=1S/C16H25N5O4S/c1-17-5-9-19(10-6-17)15-4-3-14(13-16(15)21(22)23)26(24,25)20-11-7-18(2)8-12-20/h3-4,13H,5-12H2,1-2H3. The van der Waals surface area contributed by atoms with Crippen LogP contribution < -0.4 is 4.90 Å². The first-order chi connectivity index (χ1) is 12.3. The van der Waals surface area contributed by atoms with Crippen LogP contribution in [0.3, 0.4) is 0 Å². The molecule has 9 nitrogen and oxygen atoms in total. The summed E-state index contributed by atoms with van der Waals surface area (Å²) in [5.41, 5.74) is 0.338. The van der Waals surface area contributed by atoms with Crippen LogP contribution in [0.2, 0.25) is 0 Å². The van der Waals surface area contributed by atoms with Gasteiger partial charge in [-0.05, 0) is 26.2 Å². The molecule has 10 heteroatoms. The van der Waals surface area contributed by atoms with Crippen molar-refractivity contribution in [2.75, 3.05) is 71.4 Å². The summed E-state index contributed by atoms with van der Waals surface area (Å²) in [6.45, 7) is 5.10. The first-order valence-corrected chi connectivity index (χ1v) is 10.1. The summed E-state index contributed by atoms with van der Waals surface area (Å²) in [6.07, 6.45) is 0. The minimum absolute atomic E-state index is 0.00775. The zero-order chi connectivity index (χ0) is 18.9. The van der Waals surface area contributed by atoms with Gasteiger partial charge in [0.1, 0.15) is 5.69 Å². The lowest BCUT2D eigenvalue weighted by atomic mass is 10.2. The van der Waals surface area contributed by atoms with Crippen molar-refractivity contribution in [3.8, 4) is 0 Å². The smallest absolute Gasteiger partial charge is 0.293 e. The van der Waals surface area contributed by atoms with Crippen LogP contribution in [0.4, 0.5) is 11.4 Å². The second-order valence-electron chi connectivity index (χ2n) is 6.91. The lowest BCUT2D eigenvalue weighted by Crippen LogP contribution is -2.47. The van der Waals surface area contributed by atoms with Gasteiger partial charge in [0, 0.05) is 58.4 Å². The third kappa shape index (κ3) is 3.83. The highest BCUT2D eigenvalue weighted by Gasteiger charge is 2.31. The van der Waals surface area contributed by atoms with E-state index >= 15 is 0 Å². The van der Waals surface area contributed by atoms with Gasteiger partial charge in [0.05, 0.1) is 9.82 Å². The zero-order valence-electron chi connectivity index (χ0n) is 15.2. The Morgan fingerprint density at radius 1 is 0.923 bits per heavy atom. The Morgan fingerprint density at radius 2 is 1.46 bits per heavy atom. The molecule has 0 N–H and O–H groups in total. The van der Waals surface area contributed by atoms with Gasteiger partial charge in [0.25, 0.3) is 5.69 Å². The van der Waals surface area contributed by atoms with Crippen LogP contribution >= 0.6 is 0 Å². The van der Waals surface area contributed by atoms with Crippen LogP contribution in [-0.4, -0.2) is 93.9 Å². The first kappa shape index (κ1) is 19.0. The molecule has 2 saturated heterocycles. The molecule has 0 atom stereocenters. The highest BCUT2D eigenvalue weighted by atomic mass is 32.2. The number of nitro benzene ring substituents is 1. The highest BCUT2D eigenvalue weighted by Crippen LogP contribution is 2.32. The molecule has 0 amide bonds. The Labute approximate surface area is 154 Å². The number of nitrogens with zero attached hydrogens (tertiary/aromatic N) is 5. The SMILES string of the molecule is CN1CCN(c2ccc(S(=O)(=O)N3CCN(C)CC3)cc2[N+](=O)[O-])CC1. The maximum absolute atomic E-state index is 12.9. The van der Waals surface area contributed by atoms with Gasteiger partial charge in [0.15, 0.2) is 0 Å². The van der Waals surface area contributed by atoms with Gasteiger partial charge in [-0.15, -0.1) is 0 Å². The highest BCUT2D eigenvalue weighted by molar-refractivity contribution is 7.89. The van der Waals surface area contributed by atoms with E-state index in [1.807, 2.05) is 19.0 Å². The molecular weight excluding hydrogens is 358 g/mol. The number of hydrogen-bond acceptors (Lipinski definition) is 7. The molecule has 1 aromatic carbocycles. The lowest BCUT2D eigenvalue weighted by molar-refractivity contribution is -0.384. The van der Waals surface area contributed by atoms with E-state index in [-0.39, 0.29) is 10.6 Å². The number of likely N-dealkylation sites (N-methyl/N-ethyl adjacent to an activating group) is 2. The van der Waals surface area contributed by atoms with Crippen molar-refractivity contribution in [2.45, 2.75) is 4.90 Å². The van der Waals surface area contributed by atoms with Gasteiger partial charge in [-0.1, -0.05) is 0 Å². The zero-order valence-corrected chi connectivity index (χ0v) is 16.0. The van der Waals surface area contributed by atoms with Crippen LogP contribution in [0.15, 0.2) is 23.1 Å². The van der Waals surface area contributed by atoms with Gasteiger partial charge in [-0.2, -0.15) is 4.31 Å². The fourth-order valence-corrected chi connectivity index (χ4v) is 4.74. The predicted molar refractivity (Wildman–Crippen MR) is 99.1 cm³/mol. The topological polar surface area (TPSA) is 90.2 Å². The summed E-state index contributed by atoms with van der Waals surface area (Å²) in [5.74, 6) is 0. The normalized spacial score (nSPS) is 21.1. The molecule has 2 aliphatic rings. The summed E-state index contributed by atoms with van der Waals surface area (Å²) in [4.78, 5) is 17.3. The fraction of sp³-hybridized carbons (Fsp3) is 0.625. The van der Waals surface area contributed by atoms with Gasteiger partial charge < -0.3 is 14.7 Å². The van der Waals surface area contributed by atoms with Crippen LogP contribution in [0.5, 0.6) is 0 Å². The van der Waals surface area contributed by atoms with Crippen molar-refractivity contribution in [3.05, 3.63) is 28.3 Å². The third-order valence-corrected chi connectivity index (χ3v) is 6.98. The van der Waals surface area contributed by atoms with E-state index in [0.29, 0.717) is 45.0 Å². The van der Waals surface area contributed by atoms with Crippen molar-refractivity contribution >= 4 is 21.4 Å². The quantitative estimate of drug-likeness (QED) is 0.545. The number of anilines is 1. The van der Waals surface area contributed by atoms with E-state index < -0.39 is 14.9 Å². The molecule has 0 aromatic heterocycles. The number of rotatable bonds is 4. The maximum Gasteiger partial charge on any atom is 0.293 e. The van der Waals surface area contributed by atoms with Crippen molar-refractivity contribution in [3.63, 3.8) is 0 Å². The molecule has 0 radical (unpaired) electrons. The molecule has 2 aliphatic heterocycles. The molecule has 0 aliphatic carbocycles. The fourth-order valence-electron chi connectivity index (χ4n) is 3.30. The molecule has 0 bridgehead atoms. The molecule has 2 heterocycles. The Balaban J connectivity index is 1.90. The van der Waals surface area contributed by atoms with Crippen LogP contribution in [0.25, 0.3) is 0 Å². The van der Waals surface area contributed by atoms with Crippen molar-refractivity contribution in [1.29, 1.82) is 0 Å². The van der Waals surface area contributed by atoms with Gasteiger partial charge in [0.2, 0.25) is 10.0 Å². The van der Waals surface area contributed by atoms with Crippen molar-refractivity contribution in [1.82, 2.24) is 14.1 Å². The van der Waals surface area contributed by atoms with E-state index in [0.717, 1.165) is 13.1 Å². The average molecular weight is 383 g/mol. The minimum Gasteiger partial charge on any atom is -0.363 e. The van der Waals surface area contributed by atoms with Crippen molar-refractivity contribution < 1.29 is 13.3 Å². The molecule has 0 spiro atoms. The van der Waals surface area contributed by atoms with Crippen LogP contribution in [0.1, 0.15) is 0 Å². The van der Waals surface area contributed by atoms with Crippen LogP contribution in [0, 0.1) is 10.1 Å². The van der Waals surface area contributed by atoms with Gasteiger partial charge in [-0.25, -0.2) is 8.42 Å². The maximum atomic E-state index is 12.9. The van der Waals surface area contributed by atoms with E-state index in [2.05, 4.69) is 9.80 Å². The molecule has 0 saturated carbocycles. The number of piperazine rings is 2. The predicted octanol–water partition coefficient (Wildman–Crippen LogP) is 0.283. The largest absolute Gasteiger partial charge is 0.363 e. The van der Waals surface area contributed by atoms with Gasteiger partial charge >= 0.3 is 0 Å². The van der Waals surface area contributed by atoms with E-state index in [1.165, 1.54) is 16.4 Å².